The molecule has 1 heterocycles. The number of morpholine rings is 1. The van der Waals surface area contributed by atoms with Crippen LogP contribution in [0.1, 0.15) is 13.8 Å². The van der Waals surface area contributed by atoms with Crippen LogP contribution in [0.3, 0.4) is 0 Å². The second kappa shape index (κ2) is 4.14. The van der Waals surface area contributed by atoms with E-state index in [4.69, 9.17) is 4.74 Å². The lowest BCUT2D eigenvalue weighted by atomic mass is 10.2. The molecule has 1 aliphatic heterocycles. The summed E-state index contributed by atoms with van der Waals surface area (Å²) in [5.74, 6) is 0. The standard InChI is InChI=1S/C8H15F2NO/c1-6(2)11-3-4-12-7(5-11)8(9)10/h6-8H,3-5H2,1-2H3/t7-/m1/s1. The average Bonchev–Trinajstić information content (AvgIpc) is 2.04. The second-order valence-corrected chi connectivity index (χ2v) is 3.33. The molecule has 1 saturated heterocycles. The summed E-state index contributed by atoms with van der Waals surface area (Å²) in [5.41, 5.74) is 0. The minimum atomic E-state index is -2.36. The third-order valence-electron chi connectivity index (χ3n) is 2.14. The molecule has 0 aromatic rings. The van der Waals surface area contributed by atoms with Crippen molar-refractivity contribution in [2.75, 3.05) is 19.7 Å². The van der Waals surface area contributed by atoms with Gasteiger partial charge in [-0.15, -0.1) is 0 Å². The first kappa shape index (κ1) is 9.86. The molecule has 0 spiro atoms. The van der Waals surface area contributed by atoms with Gasteiger partial charge < -0.3 is 4.74 Å². The lowest BCUT2D eigenvalue weighted by Gasteiger charge is -2.34. The van der Waals surface area contributed by atoms with Crippen LogP contribution in [0.2, 0.25) is 0 Å². The van der Waals surface area contributed by atoms with E-state index in [0.29, 0.717) is 19.2 Å². The van der Waals surface area contributed by atoms with Gasteiger partial charge in [-0.3, -0.25) is 4.90 Å². The van der Waals surface area contributed by atoms with Gasteiger partial charge in [0, 0.05) is 19.1 Å². The molecule has 1 fully saturated rings. The SMILES string of the molecule is CC(C)N1CCO[C@@H](C(F)F)C1. The van der Waals surface area contributed by atoms with E-state index >= 15 is 0 Å². The first-order chi connectivity index (χ1) is 5.61. The lowest BCUT2D eigenvalue weighted by Crippen LogP contribution is -2.48. The number of hydrogen-bond donors (Lipinski definition) is 0. The molecular weight excluding hydrogens is 164 g/mol. The van der Waals surface area contributed by atoms with Gasteiger partial charge in [-0.1, -0.05) is 0 Å². The number of nitrogens with zero attached hydrogens (tertiary/aromatic N) is 1. The highest BCUT2D eigenvalue weighted by molar-refractivity contribution is 4.75. The summed E-state index contributed by atoms with van der Waals surface area (Å²) in [5, 5.41) is 0. The number of rotatable bonds is 2. The number of ether oxygens (including phenoxy) is 1. The minimum Gasteiger partial charge on any atom is -0.370 e. The molecule has 0 bridgehead atoms. The zero-order valence-corrected chi connectivity index (χ0v) is 7.46. The van der Waals surface area contributed by atoms with E-state index in [-0.39, 0.29) is 0 Å². The fourth-order valence-electron chi connectivity index (χ4n) is 1.32. The van der Waals surface area contributed by atoms with Crippen molar-refractivity contribution in [1.82, 2.24) is 4.90 Å². The van der Waals surface area contributed by atoms with Crippen LogP contribution in [-0.2, 0) is 4.74 Å². The highest BCUT2D eigenvalue weighted by atomic mass is 19.3. The molecule has 0 aliphatic carbocycles. The van der Waals surface area contributed by atoms with E-state index < -0.39 is 12.5 Å². The van der Waals surface area contributed by atoms with Crippen molar-refractivity contribution in [3.63, 3.8) is 0 Å². The zero-order valence-electron chi connectivity index (χ0n) is 7.46. The fourth-order valence-corrected chi connectivity index (χ4v) is 1.32. The quantitative estimate of drug-likeness (QED) is 0.634. The van der Waals surface area contributed by atoms with Gasteiger partial charge in [-0.25, -0.2) is 8.78 Å². The Balaban J connectivity index is 2.40. The summed E-state index contributed by atoms with van der Waals surface area (Å²) in [6.45, 7) is 5.56. The number of alkyl halides is 2. The van der Waals surface area contributed by atoms with Crippen LogP contribution in [0.15, 0.2) is 0 Å². The molecule has 1 aliphatic rings. The molecule has 4 heteroatoms. The maximum Gasteiger partial charge on any atom is 0.265 e. The Morgan fingerprint density at radius 1 is 1.42 bits per heavy atom. The monoisotopic (exact) mass is 179 g/mol. The Labute approximate surface area is 71.5 Å². The van der Waals surface area contributed by atoms with Crippen molar-refractivity contribution in [3.8, 4) is 0 Å². The number of hydrogen-bond acceptors (Lipinski definition) is 2. The Kier molecular flexibility index (Phi) is 3.40. The molecule has 0 aromatic heterocycles. The van der Waals surface area contributed by atoms with Gasteiger partial charge in [0.05, 0.1) is 6.61 Å². The van der Waals surface area contributed by atoms with Crippen molar-refractivity contribution in [2.24, 2.45) is 0 Å². The van der Waals surface area contributed by atoms with Crippen LogP contribution in [0.5, 0.6) is 0 Å². The molecule has 1 atom stereocenters. The van der Waals surface area contributed by atoms with Crippen molar-refractivity contribution in [3.05, 3.63) is 0 Å². The molecule has 0 radical (unpaired) electrons. The van der Waals surface area contributed by atoms with E-state index in [2.05, 4.69) is 0 Å². The second-order valence-electron chi connectivity index (χ2n) is 3.33. The summed E-state index contributed by atoms with van der Waals surface area (Å²) in [7, 11) is 0. The van der Waals surface area contributed by atoms with Crippen LogP contribution in [0.25, 0.3) is 0 Å². The molecule has 1 rings (SSSR count). The summed E-state index contributed by atoms with van der Waals surface area (Å²) in [6.07, 6.45) is -3.24. The van der Waals surface area contributed by atoms with Gasteiger partial charge in [-0.05, 0) is 13.8 Å². The molecule has 0 unspecified atom stereocenters. The highest BCUT2D eigenvalue weighted by Crippen LogP contribution is 2.14. The molecule has 0 aromatic carbocycles. The maximum absolute atomic E-state index is 12.2. The van der Waals surface area contributed by atoms with Gasteiger partial charge in [0.15, 0.2) is 0 Å². The molecular formula is C8H15F2NO. The topological polar surface area (TPSA) is 12.5 Å². The normalized spacial score (nSPS) is 27.0. The minimum absolute atomic E-state index is 0.329. The van der Waals surface area contributed by atoms with Crippen molar-refractivity contribution >= 4 is 0 Å². The molecule has 0 N–H and O–H groups in total. The Morgan fingerprint density at radius 3 is 2.58 bits per heavy atom. The molecule has 12 heavy (non-hydrogen) atoms. The van der Waals surface area contributed by atoms with E-state index in [9.17, 15) is 8.78 Å². The van der Waals surface area contributed by atoms with Crippen LogP contribution < -0.4 is 0 Å². The number of halogens is 2. The molecule has 2 nitrogen and oxygen atoms in total. The van der Waals surface area contributed by atoms with Gasteiger partial charge >= 0.3 is 0 Å². The summed E-state index contributed by atoms with van der Waals surface area (Å²) in [6, 6.07) is 0.329. The zero-order chi connectivity index (χ0) is 9.14. The first-order valence-corrected chi connectivity index (χ1v) is 4.25. The third kappa shape index (κ3) is 2.38. The van der Waals surface area contributed by atoms with Crippen molar-refractivity contribution < 1.29 is 13.5 Å². The van der Waals surface area contributed by atoms with Crippen LogP contribution in [0.4, 0.5) is 8.78 Å². The van der Waals surface area contributed by atoms with Crippen LogP contribution >= 0.6 is 0 Å². The summed E-state index contributed by atoms with van der Waals surface area (Å²) < 4.78 is 29.3. The molecule has 72 valence electrons. The van der Waals surface area contributed by atoms with Crippen molar-refractivity contribution in [1.29, 1.82) is 0 Å². The van der Waals surface area contributed by atoms with E-state index in [0.717, 1.165) is 6.54 Å². The van der Waals surface area contributed by atoms with E-state index in [1.165, 1.54) is 0 Å². The van der Waals surface area contributed by atoms with Gasteiger partial charge in [0.25, 0.3) is 6.43 Å². The van der Waals surface area contributed by atoms with E-state index in [1.807, 2.05) is 18.7 Å². The fraction of sp³-hybridized carbons (Fsp3) is 1.00. The largest absolute Gasteiger partial charge is 0.370 e. The smallest absolute Gasteiger partial charge is 0.265 e. The average molecular weight is 179 g/mol. The molecule has 0 saturated carbocycles. The Bertz CT molecular complexity index is 127. The molecule has 0 amide bonds. The predicted octanol–water partition coefficient (Wildman–Crippen LogP) is 1.36. The Hall–Kier alpha value is -0.220. The highest BCUT2D eigenvalue weighted by Gasteiger charge is 2.28. The van der Waals surface area contributed by atoms with E-state index in [1.54, 1.807) is 0 Å². The van der Waals surface area contributed by atoms with Gasteiger partial charge in [0.1, 0.15) is 6.10 Å². The summed E-state index contributed by atoms with van der Waals surface area (Å²) in [4.78, 5) is 2.01. The Morgan fingerprint density at radius 2 is 2.08 bits per heavy atom. The summed E-state index contributed by atoms with van der Waals surface area (Å²) >= 11 is 0. The van der Waals surface area contributed by atoms with Crippen molar-refractivity contribution in [2.45, 2.75) is 32.4 Å². The van der Waals surface area contributed by atoms with Crippen LogP contribution in [0, 0.1) is 0 Å². The third-order valence-corrected chi connectivity index (χ3v) is 2.14. The predicted molar refractivity (Wildman–Crippen MR) is 42.5 cm³/mol. The maximum atomic E-state index is 12.2. The van der Waals surface area contributed by atoms with Gasteiger partial charge in [0.2, 0.25) is 0 Å². The van der Waals surface area contributed by atoms with Gasteiger partial charge in [-0.2, -0.15) is 0 Å². The lowest BCUT2D eigenvalue weighted by molar-refractivity contribution is -0.107. The first-order valence-electron chi connectivity index (χ1n) is 4.25. The van der Waals surface area contributed by atoms with Crippen LogP contribution in [-0.4, -0.2) is 43.2 Å².